The number of aliphatic hydroxyl groups is 1. The molecule has 126 valence electrons. The molecular formula is C18H16F3NO2. The maximum Gasteiger partial charge on any atom is 0.416 e. The van der Waals surface area contributed by atoms with Crippen LogP contribution in [-0.4, -0.2) is 35.1 Å². The number of rotatable bonds is 2. The summed E-state index contributed by atoms with van der Waals surface area (Å²) in [6.07, 6.45) is -4.25. The molecule has 3 nitrogen and oxygen atoms in total. The van der Waals surface area contributed by atoms with Gasteiger partial charge in [-0.1, -0.05) is 24.3 Å². The second-order valence-electron chi connectivity index (χ2n) is 5.85. The lowest BCUT2D eigenvalue weighted by molar-refractivity contribution is -0.137. The summed E-state index contributed by atoms with van der Waals surface area (Å²) in [4.78, 5) is 13.9. The van der Waals surface area contributed by atoms with E-state index in [-0.39, 0.29) is 5.91 Å². The van der Waals surface area contributed by atoms with E-state index < -0.39 is 17.8 Å². The fourth-order valence-electron chi connectivity index (χ4n) is 2.77. The number of nitrogens with zero attached hydrogens (tertiary/aromatic N) is 1. The number of likely N-dealkylation sites (tertiary alicyclic amines) is 1. The van der Waals surface area contributed by atoms with Gasteiger partial charge in [0.05, 0.1) is 11.7 Å². The SMILES string of the molecule is O=C(c1ccc(-c2ccc(C(F)(F)F)cc2)cc1)N1CC[C@@H](O)C1. The highest BCUT2D eigenvalue weighted by Gasteiger charge is 2.30. The van der Waals surface area contributed by atoms with Gasteiger partial charge in [-0.15, -0.1) is 0 Å². The standard InChI is InChI=1S/C18H16F3NO2/c19-18(20,21)15-7-5-13(6-8-15)12-1-3-14(4-2-12)17(24)22-10-9-16(23)11-22/h1-8,16,23H,9-11H2/t16-/m1/s1. The van der Waals surface area contributed by atoms with Crippen molar-refractivity contribution in [1.82, 2.24) is 4.90 Å². The van der Waals surface area contributed by atoms with Crippen LogP contribution >= 0.6 is 0 Å². The van der Waals surface area contributed by atoms with E-state index in [2.05, 4.69) is 0 Å². The predicted molar refractivity (Wildman–Crippen MR) is 83.4 cm³/mol. The Labute approximate surface area is 137 Å². The number of halogens is 3. The topological polar surface area (TPSA) is 40.5 Å². The van der Waals surface area contributed by atoms with Gasteiger partial charge in [0, 0.05) is 18.7 Å². The number of carbonyl (C=O) groups excluding carboxylic acids is 1. The van der Waals surface area contributed by atoms with Crippen molar-refractivity contribution in [3.05, 3.63) is 59.7 Å². The molecular weight excluding hydrogens is 319 g/mol. The highest BCUT2D eigenvalue weighted by atomic mass is 19.4. The monoisotopic (exact) mass is 335 g/mol. The molecule has 3 rings (SSSR count). The van der Waals surface area contributed by atoms with Crippen molar-refractivity contribution in [2.45, 2.75) is 18.7 Å². The fraction of sp³-hybridized carbons (Fsp3) is 0.278. The van der Waals surface area contributed by atoms with E-state index >= 15 is 0 Å². The third kappa shape index (κ3) is 3.43. The Morgan fingerprint density at radius 2 is 1.54 bits per heavy atom. The molecule has 1 N–H and O–H groups in total. The molecule has 0 radical (unpaired) electrons. The van der Waals surface area contributed by atoms with Crippen molar-refractivity contribution in [3.8, 4) is 11.1 Å². The summed E-state index contributed by atoms with van der Waals surface area (Å²) < 4.78 is 37.7. The first-order chi connectivity index (χ1) is 11.3. The van der Waals surface area contributed by atoms with Crippen LogP contribution in [-0.2, 0) is 6.18 Å². The van der Waals surface area contributed by atoms with E-state index in [0.717, 1.165) is 17.7 Å². The second kappa shape index (κ2) is 6.28. The molecule has 1 aliphatic heterocycles. The Morgan fingerprint density at radius 3 is 2.00 bits per heavy atom. The smallest absolute Gasteiger partial charge is 0.391 e. The molecule has 6 heteroatoms. The zero-order valence-electron chi connectivity index (χ0n) is 12.8. The van der Waals surface area contributed by atoms with Crippen molar-refractivity contribution in [3.63, 3.8) is 0 Å². The Morgan fingerprint density at radius 1 is 1.00 bits per heavy atom. The molecule has 1 aliphatic rings. The van der Waals surface area contributed by atoms with Crippen molar-refractivity contribution < 1.29 is 23.1 Å². The normalized spacial score (nSPS) is 18.0. The van der Waals surface area contributed by atoms with Crippen LogP contribution in [0.4, 0.5) is 13.2 Å². The van der Waals surface area contributed by atoms with Gasteiger partial charge >= 0.3 is 6.18 Å². The molecule has 0 spiro atoms. The lowest BCUT2D eigenvalue weighted by atomic mass is 10.0. The summed E-state index contributed by atoms with van der Waals surface area (Å²) in [5.74, 6) is -0.148. The first-order valence-corrected chi connectivity index (χ1v) is 7.59. The zero-order chi connectivity index (χ0) is 17.3. The van der Waals surface area contributed by atoms with E-state index in [1.165, 1.54) is 12.1 Å². The summed E-state index contributed by atoms with van der Waals surface area (Å²) in [5, 5.41) is 9.49. The highest BCUT2D eigenvalue weighted by molar-refractivity contribution is 5.95. The van der Waals surface area contributed by atoms with Gasteiger partial charge in [0.2, 0.25) is 0 Å². The maximum absolute atomic E-state index is 12.6. The first kappa shape index (κ1) is 16.5. The van der Waals surface area contributed by atoms with Gasteiger partial charge in [-0.2, -0.15) is 13.2 Å². The first-order valence-electron chi connectivity index (χ1n) is 7.59. The van der Waals surface area contributed by atoms with Crippen molar-refractivity contribution in [2.75, 3.05) is 13.1 Å². The molecule has 24 heavy (non-hydrogen) atoms. The quantitative estimate of drug-likeness (QED) is 0.911. The number of benzene rings is 2. The Kier molecular flexibility index (Phi) is 4.32. The van der Waals surface area contributed by atoms with E-state index in [0.29, 0.717) is 30.6 Å². The van der Waals surface area contributed by atoms with Gasteiger partial charge in [-0.25, -0.2) is 0 Å². The summed E-state index contributed by atoms with van der Waals surface area (Å²) in [6.45, 7) is 0.861. The van der Waals surface area contributed by atoms with Crippen LogP contribution in [0.2, 0.25) is 0 Å². The molecule has 0 aromatic heterocycles. The lowest BCUT2D eigenvalue weighted by Gasteiger charge is -2.15. The molecule has 0 saturated carbocycles. The minimum atomic E-state index is -4.35. The largest absolute Gasteiger partial charge is 0.416 e. The molecule has 1 heterocycles. The van der Waals surface area contributed by atoms with Crippen LogP contribution in [0, 0.1) is 0 Å². The summed E-state index contributed by atoms with van der Waals surface area (Å²) in [7, 11) is 0. The van der Waals surface area contributed by atoms with Crippen LogP contribution in [0.15, 0.2) is 48.5 Å². The average molecular weight is 335 g/mol. The number of carbonyl (C=O) groups is 1. The molecule has 0 bridgehead atoms. The molecule has 0 unspecified atom stereocenters. The second-order valence-corrected chi connectivity index (χ2v) is 5.85. The van der Waals surface area contributed by atoms with Crippen molar-refractivity contribution >= 4 is 5.91 Å². The van der Waals surface area contributed by atoms with Crippen LogP contribution in [0.25, 0.3) is 11.1 Å². The van der Waals surface area contributed by atoms with E-state index in [1.807, 2.05) is 0 Å². The third-order valence-electron chi connectivity index (χ3n) is 4.13. The number of aliphatic hydroxyl groups excluding tert-OH is 1. The third-order valence-corrected chi connectivity index (χ3v) is 4.13. The molecule has 1 fully saturated rings. The molecule has 1 atom stereocenters. The van der Waals surface area contributed by atoms with Gasteiger partial charge < -0.3 is 10.0 Å². The number of hydrogen-bond acceptors (Lipinski definition) is 2. The lowest BCUT2D eigenvalue weighted by Crippen LogP contribution is -2.29. The summed E-state index contributed by atoms with van der Waals surface area (Å²) in [6, 6.07) is 11.6. The summed E-state index contributed by atoms with van der Waals surface area (Å²) >= 11 is 0. The fourth-order valence-corrected chi connectivity index (χ4v) is 2.77. The van der Waals surface area contributed by atoms with Crippen molar-refractivity contribution in [2.24, 2.45) is 0 Å². The van der Waals surface area contributed by atoms with Crippen molar-refractivity contribution in [1.29, 1.82) is 0 Å². The molecule has 1 amide bonds. The predicted octanol–water partition coefficient (Wildman–Crippen LogP) is 3.58. The molecule has 1 saturated heterocycles. The van der Waals surface area contributed by atoms with Crippen LogP contribution in [0.5, 0.6) is 0 Å². The van der Waals surface area contributed by atoms with E-state index in [9.17, 15) is 23.1 Å². The minimum absolute atomic E-state index is 0.148. The maximum atomic E-state index is 12.6. The van der Waals surface area contributed by atoms with Crippen LogP contribution < -0.4 is 0 Å². The number of β-amino-alcohol motifs (C(OH)–C–C–N with tert-alkyl or cyclic N) is 1. The van der Waals surface area contributed by atoms with Crippen LogP contribution in [0.1, 0.15) is 22.3 Å². The number of amides is 1. The number of hydrogen-bond donors (Lipinski definition) is 1. The minimum Gasteiger partial charge on any atom is -0.391 e. The number of alkyl halides is 3. The Bertz CT molecular complexity index is 723. The van der Waals surface area contributed by atoms with Gasteiger partial charge in [0.15, 0.2) is 0 Å². The van der Waals surface area contributed by atoms with Gasteiger partial charge in [0.25, 0.3) is 5.91 Å². The van der Waals surface area contributed by atoms with Gasteiger partial charge in [-0.05, 0) is 41.8 Å². The van der Waals surface area contributed by atoms with Crippen LogP contribution in [0.3, 0.4) is 0 Å². The Hall–Kier alpha value is -2.34. The highest BCUT2D eigenvalue weighted by Crippen LogP contribution is 2.31. The van der Waals surface area contributed by atoms with E-state index in [4.69, 9.17) is 0 Å². The van der Waals surface area contributed by atoms with E-state index in [1.54, 1.807) is 29.2 Å². The Balaban J connectivity index is 1.76. The average Bonchev–Trinajstić information content (AvgIpc) is 3.00. The summed E-state index contributed by atoms with van der Waals surface area (Å²) in [5.41, 5.74) is 1.20. The zero-order valence-corrected chi connectivity index (χ0v) is 12.8. The molecule has 2 aromatic rings. The molecule has 0 aliphatic carbocycles. The molecule has 2 aromatic carbocycles. The van der Waals surface area contributed by atoms with Gasteiger partial charge in [0.1, 0.15) is 0 Å². The van der Waals surface area contributed by atoms with Gasteiger partial charge in [-0.3, -0.25) is 4.79 Å².